The summed E-state index contributed by atoms with van der Waals surface area (Å²) >= 11 is 0. The lowest BCUT2D eigenvalue weighted by molar-refractivity contribution is 0.422. The predicted octanol–water partition coefficient (Wildman–Crippen LogP) is 4.11. The van der Waals surface area contributed by atoms with Crippen molar-refractivity contribution in [3.8, 4) is 22.8 Å². The van der Waals surface area contributed by atoms with E-state index < -0.39 is 6.04 Å². The first-order valence-corrected chi connectivity index (χ1v) is 9.53. The summed E-state index contributed by atoms with van der Waals surface area (Å²) in [4.78, 5) is 12.9. The van der Waals surface area contributed by atoms with Crippen molar-refractivity contribution in [2.45, 2.75) is 12.5 Å². The normalized spacial score (nSPS) is 15.9. The highest BCUT2D eigenvalue weighted by Crippen LogP contribution is 2.42. The predicted molar refractivity (Wildman–Crippen MR) is 111 cm³/mol. The Morgan fingerprint density at radius 1 is 0.966 bits per heavy atom. The molecule has 1 aliphatic heterocycles. The Morgan fingerprint density at radius 3 is 2.55 bits per heavy atom. The second-order valence-corrected chi connectivity index (χ2v) is 7.21. The minimum atomic E-state index is -0.405. The molecule has 3 aromatic carbocycles. The van der Waals surface area contributed by atoms with Gasteiger partial charge in [-0.05, 0) is 17.5 Å². The number of phenolic OH excluding ortho intramolecular Hbond substituents is 2. The molecule has 5 nitrogen and oxygen atoms in total. The van der Waals surface area contributed by atoms with E-state index in [1.54, 1.807) is 0 Å². The molecule has 4 aromatic rings. The largest absolute Gasteiger partial charge is 0.507 e. The maximum atomic E-state index is 12.9. The van der Waals surface area contributed by atoms with Gasteiger partial charge in [-0.25, -0.2) is 0 Å². The van der Waals surface area contributed by atoms with E-state index >= 15 is 0 Å². The van der Waals surface area contributed by atoms with Crippen LogP contribution in [-0.2, 0) is 6.42 Å². The van der Waals surface area contributed by atoms with E-state index in [2.05, 4.69) is 5.32 Å². The Bertz CT molecular complexity index is 1280. The van der Waals surface area contributed by atoms with Crippen LogP contribution in [0.1, 0.15) is 22.7 Å². The van der Waals surface area contributed by atoms with Crippen LogP contribution in [-0.4, -0.2) is 16.8 Å². The van der Waals surface area contributed by atoms with Crippen LogP contribution in [0.25, 0.3) is 22.3 Å². The average Bonchev–Trinajstić information content (AvgIpc) is 2.74. The third kappa shape index (κ3) is 2.87. The Balaban J connectivity index is 1.72. The molecule has 5 rings (SSSR count). The summed E-state index contributed by atoms with van der Waals surface area (Å²) in [5.74, 6) is 0.0240. The van der Waals surface area contributed by atoms with Crippen LogP contribution in [0.2, 0.25) is 0 Å². The van der Waals surface area contributed by atoms with Crippen LogP contribution in [0, 0.1) is 0 Å². The molecular weight excluding hydrogens is 366 g/mol. The van der Waals surface area contributed by atoms with Crippen molar-refractivity contribution in [1.82, 2.24) is 5.32 Å². The highest BCUT2D eigenvalue weighted by atomic mass is 16.3. The molecule has 0 spiro atoms. The standard InChI is InChI=1S/C24H19NO4/c26-17-12-19(15-7-2-1-3-8-15)29-20-13-18(27)22(24(28)21(17)20)23-16-9-5-4-6-14(16)10-11-25-23/h1-9,12-13,23,25,27-28H,10-11H2. The molecule has 1 aliphatic rings. The van der Waals surface area contributed by atoms with Crippen LogP contribution < -0.4 is 10.7 Å². The summed E-state index contributed by atoms with van der Waals surface area (Å²) in [5.41, 5.74) is 2.98. The Kier molecular flexibility index (Phi) is 4.11. The molecule has 2 heterocycles. The fourth-order valence-electron chi connectivity index (χ4n) is 4.10. The van der Waals surface area contributed by atoms with E-state index in [0.29, 0.717) is 17.9 Å². The van der Waals surface area contributed by atoms with Crippen molar-refractivity contribution in [3.63, 3.8) is 0 Å². The molecule has 1 atom stereocenters. The highest BCUT2D eigenvalue weighted by Gasteiger charge is 2.28. The van der Waals surface area contributed by atoms with Gasteiger partial charge in [-0.3, -0.25) is 4.79 Å². The van der Waals surface area contributed by atoms with Gasteiger partial charge in [0.25, 0.3) is 0 Å². The van der Waals surface area contributed by atoms with Crippen molar-refractivity contribution in [3.05, 3.63) is 93.6 Å². The summed E-state index contributed by atoms with van der Waals surface area (Å²) in [6, 6.07) is 19.5. The third-order valence-electron chi connectivity index (χ3n) is 5.47. The van der Waals surface area contributed by atoms with Crippen molar-refractivity contribution in [2.24, 2.45) is 0 Å². The lowest BCUT2D eigenvalue weighted by atomic mass is 9.88. The number of hydrogen-bond donors (Lipinski definition) is 3. The summed E-state index contributed by atoms with van der Waals surface area (Å²) < 4.78 is 5.86. The van der Waals surface area contributed by atoms with E-state index in [4.69, 9.17) is 4.42 Å². The molecule has 5 heteroatoms. The van der Waals surface area contributed by atoms with Gasteiger partial charge in [0.2, 0.25) is 0 Å². The van der Waals surface area contributed by atoms with Gasteiger partial charge in [-0.15, -0.1) is 0 Å². The van der Waals surface area contributed by atoms with Crippen LogP contribution in [0.5, 0.6) is 11.5 Å². The molecule has 0 bridgehead atoms. The van der Waals surface area contributed by atoms with Gasteiger partial charge in [-0.1, -0.05) is 54.6 Å². The van der Waals surface area contributed by atoms with Gasteiger partial charge in [0.1, 0.15) is 28.2 Å². The first-order chi connectivity index (χ1) is 14.1. The number of rotatable bonds is 2. The van der Waals surface area contributed by atoms with E-state index in [1.807, 2.05) is 54.6 Å². The molecule has 0 fully saturated rings. The van der Waals surface area contributed by atoms with Crippen LogP contribution in [0.15, 0.2) is 75.9 Å². The summed E-state index contributed by atoms with van der Waals surface area (Å²) in [6.45, 7) is 0.708. The number of benzene rings is 3. The van der Waals surface area contributed by atoms with Crippen LogP contribution in [0.4, 0.5) is 0 Å². The Hall–Kier alpha value is -3.57. The van der Waals surface area contributed by atoms with Crippen LogP contribution >= 0.6 is 0 Å². The van der Waals surface area contributed by atoms with Gasteiger partial charge in [-0.2, -0.15) is 0 Å². The van der Waals surface area contributed by atoms with E-state index in [9.17, 15) is 15.0 Å². The minimum Gasteiger partial charge on any atom is -0.507 e. The van der Waals surface area contributed by atoms with Crippen molar-refractivity contribution in [2.75, 3.05) is 6.54 Å². The third-order valence-corrected chi connectivity index (χ3v) is 5.47. The molecule has 144 valence electrons. The monoisotopic (exact) mass is 385 g/mol. The number of nitrogens with one attached hydrogen (secondary N) is 1. The smallest absolute Gasteiger partial charge is 0.197 e. The molecule has 3 N–H and O–H groups in total. The van der Waals surface area contributed by atoms with Gasteiger partial charge < -0.3 is 19.9 Å². The van der Waals surface area contributed by atoms with E-state index in [-0.39, 0.29) is 27.9 Å². The lowest BCUT2D eigenvalue weighted by Crippen LogP contribution is -2.30. The number of fused-ring (bicyclic) bond motifs is 2. The molecular formula is C24H19NO4. The number of aromatic hydroxyl groups is 2. The molecule has 29 heavy (non-hydrogen) atoms. The highest BCUT2D eigenvalue weighted by molar-refractivity contribution is 5.88. The van der Waals surface area contributed by atoms with Gasteiger partial charge in [0, 0.05) is 24.2 Å². The maximum Gasteiger partial charge on any atom is 0.197 e. The molecule has 0 amide bonds. The zero-order valence-corrected chi connectivity index (χ0v) is 15.6. The lowest BCUT2D eigenvalue weighted by Gasteiger charge is -2.28. The topological polar surface area (TPSA) is 82.7 Å². The summed E-state index contributed by atoms with van der Waals surface area (Å²) in [7, 11) is 0. The first kappa shape index (κ1) is 17.5. The second kappa shape index (κ2) is 6.79. The van der Waals surface area contributed by atoms with E-state index in [1.165, 1.54) is 12.1 Å². The molecule has 0 aliphatic carbocycles. The Labute approximate surface area is 166 Å². The molecule has 0 radical (unpaired) electrons. The quantitative estimate of drug-likeness (QED) is 0.484. The zero-order chi connectivity index (χ0) is 20.0. The van der Waals surface area contributed by atoms with Crippen molar-refractivity contribution < 1.29 is 14.6 Å². The number of hydrogen-bond acceptors (Lipinski definition) is 5. The molecule has 1 aromatic heterocycles. The fraction of sp³-hybridized carbons (Fsp3) is 0.125. The molecule has 1 unspecified atom stereocenters. The fourth-order valence-corrected chi connectivity index (χ4v) is 4.10. The SMILES string of the molecule is O=c1cc(-c2ccccc2)oc2cc(O)c(C3NCCc4ccccc43)c(O)c12. The molecule has 0 saturated heterocycles. The van der Waals surface area contributed by atoms with Crippen molar-refractivity contribution in [1.29, 1.82) is 0 Å². The molecule has 0 saturated carbocycles. The van der Waals surface area contributed by atoms with Gasteiger partial charge in [0.15, 0.2) is 5.43 Å². The minimum absolute atomic E-state index is 0.0716. The van der Waals surface area contributed by atoms with Crippen molar-refractivity contribution >= 4 is 11.0 Å². The van der Waals surface area contributed by atoms with Gasteiger partial charge in [0.05, 0.1) is 11.6 Å². The first-order valence-electron chi connectivity index (χ1n) is 9.53. The van der Waals surface area contributed by atoms with Crippen LogP contribution in [0.3, 0.4) is 0 Å². The summed E-state index contributed by atoms with van der Waals surface area (Å²) in [5, 5.41) is 25.2. The van der Waals surface area contributed by atoms with E-state index in [0.717, 1.165) is 23.1 Å². The zero-order valence-electron chi connectivity index (χ0n) is 15.6. The number of phenols is 2. The summed E-state index contributed by atoms with van der Waals surface area (Å²) in [6.07, 6.45) is 0.865. The average molecular weight is 385 g/mol. The maximum absolute atomic E-state index is 12.9. The second-order valence-electron chi connectivity index (χ2n) is 7.21. The Morgan fingerprint density at radius 2 is 1.72 bits per heavy atom. The van der Waals surface area contributed by atoms with Gasteiger partial charge >= 0.3 is 0 Å².